The van der Waals surface area contributed by atoms with Gasteiger partial charge in [-0.25, -0.2) is 4.79 Å². The van der Waals surface area contributed by atoms with Gasteiger partial charge in [-0.15, -0.1) is 11.3 Å². The molecule has 24 heavy (non-hydrogen) atoms. The molecule has 0 aliphatic carbocycles. The fourth-order valence-electron chi connectivity index (χ4n) is 2.39. The molecule has 0 bridgehead atoms. The lowest BCUT2D eigenvalue weighted by Gasteiger charge is -2.05. The molecule has 0 fully saturated rings. The third-order valence-corrected chi connectivity index (χ3v) is 4.58. The average Bonchev–Trinajstić information content (AvgIpc) is 3.10. The van der Waals surface area contributed by atoms with Crippen LogP contribution in [0.4, 0.5) is 4.79 Å². The predicted molar refractivity (Wildman–Crippen MR) is 100 cm³/mol. The number of ether oxygens (including phenoxy) is 1. The Balaban J connectivity index is 1.40. The van der Waals surface area contributed by atoms with Crippen molar-refractivity contribution in [3.63, 3.8) is 0 Å². The first kappa shape index (κ1) is 16.3. The normalized spacial score (nSPS) is 11.0. The zero-order chi connectivity index (χ0) is 16.6. The monoisotopic (exact) mass is 337 g/mol. The van der Waals surface area contributed by atoms with E-state index >= 15 is 0 Å². The van der Waals surface area contributed by atoms with E-state index < -0.39 is 0 Å². The molecule has 0 radical (unpaired) electrons. The molecule has 4 heteroatoms. The molecule has 0 aliphatic rings. The number of benzene rings is 2. The van der Waals surface area contributed by atoms with Gasteiger partial charge in [0.15, 0.2) is 0 Å². The molecule has 0 spiro atoms. The Hall–Kier alpha value is -2.59. The molecule has 1 N–H and O–H groups in total. The molecule has 0 saturated carbocycles. The van der Waals surface area contributed by atoms with E-state index in [2.05, 4.69) is 47.1 Å². The highest BCUT2D eigenvalue weighted by atomic mass is 32.1. The van der Waals surface area contributed by atoms with Crippen LogP contribution in [-0.4, -0.2) is 12.6 Å². The van der Waals surface area contributed by atoms with Crippen LogP contribution in [0.3, 0.4) is 0 Å². The summed E-state index contributed by atoms with van der Waals surface area (Å²) in [5, 5.41) is 6.13. The molecule has 3 nitrogen and oxygen atoms in total. The number of rotatable bonds is 6. The second kappa shape index (κ2) is 8.31. The maximum atomic E-state index is 11.6. The summed E-state index contributed by atoms with van der Waals surface area (Å²) in [6.07, 6.45) is 4.57. The Labute approximate surface area is 145 Å². The number of hydrogen-bond acceptors (Lipinski definition) is 3. The molecule has 0 aliphatic heterocycles. The molecule has 3 aromatic rings. The van der Waals surface area contributed by atoms with Crippen LogP contribution in [0.15, 0.2) is 66.1 Å². The van der Waals surface area contributed by atoms with E-state index in [-0.39, 0.29) is 6.09 Å². The Morgan fingerprint density at radius 3 is 2.83 bits per heavy atom. The van der Waals surface area contributed by atoms with Crippen LogP contribution in [-0.2, 0) is 11.3 Å². The Kier molecular flexibility index (Phi) is 5.64. The minimum Gasteiger partial charge on any atom is -0.445 e. The lowest BCUT2D eigenvalue weighted by atomic mass is 10.1. The highest BCUT2D eigenvalue weighted by Gasteiger charge is 2.01. The standard InChI is InChI=1S/C20H19NO2S/c22-20(23-15-16-7-2-1-3-8-16)21-13-5-4-9-17-10-6-11-18-12-14-24-19(17)18/h1-4,6-12,14H,5,13,15H2,(H,21,22). The fraction of sp³-hybridized carbons (Fsp3) is 0.150. The lowest BCUT2D eigenvalue weighted by Crippen LogP contribution is -2.24. The minimum atomic E-state index is -0.382. The second-order valence-electron chi connectivity index (χ2n) is 5.37. The van der Waals surface area contributed by atoms with Crippen LogP contribution in [0.2, 0.25) is 0 Å². The quantitative estimate of drug-likeness (QED) is 0.625. The van der Waals surface area contributed by atoms with Gasteiger partial charge in [0.1, 0.15) is 6.61 Å². The van der Waals surface area contributed by atoms with Crippen molar-refractivity contribution >= 4 is 33.6 Å². The summed E-state index contributed by atoms with van der Waals surface area (Å²) in [7, 11) is 0. The van der Waals surface area contributed by atoms with Gasteiger partial charge in [-0.3, -0.25) is 0 Å². The molecular formula is C20H19NO2S. The zero-order valence-corrected chi connectivity index (χ0v) is 14.1. The van der Waals surface area contributed by atoms with Crippen LogP contribution in [0.5, 0.6) is 0 Å². The van der Waals surface area contributed by atoms with Gasteiger partial charge in [0, 0.05) is 11.2 Å². The van der Waals surface area contributed by atoms with E-state index in [1.54, 1.807) is 11.3 Å². The summed E-state index contributed by atoms with van der Waals surface area (Å²) in [4.78, 5) is 11.6. The summed E-state index contributed by atoms with van der Waals surface area (Å²) in [6.45, 7) is 0.855. The van der Waals surface area contributed by atoms with E-state index in [0.717, 1.165) is 12.0 Å². The van der Waals surface area contributed by atoms with Crippen molar-refractivity contribution in [1.29, 1.82) is 0 Å². The fourth-order valence-corrected chi connectivity index (χ4v) is 3.28. The summed E-state index contributed by atoms with van der Waals surface area (Å²) < 4.78 is 6.46. The van der Waals surface area contributed by atoms with Gasteiger partial charge in [0.05, 0.1) is 0 Å². The molecule has 1 aromatic heterocycles. The summed E-state index contributed by atoms with van der Waals surface area (Å²) >= 11 is 1.75. The average molecular weight is 337 g/mol. The van der Waals surface area contributed by atoms with Crippen LogP contribution in [0.1, 0.15) is 17.5 Å². The number of hydrogen-bond donors (Lipinski definition) is 1. The zero-order valence-electron chi connectivity index (χ0n) is 13.3. The first-order valence-electron chi connectivity index (χ1n) is 7.90. The van der Waals surface area contributed by atoms with Crippen molar-refractivity contribution in [3.8, 4) is 0 Å². The smallest absolute Gasteiger partial charge is 0.407 e. The van der Waals surface area contributed by atoms with Crippen molar-refractivity contribution in [3.05, 3.63) is 77.2 Å². The SMILES string of the molecule is O=C(NCCC=Cc1cccc2ccsc12)OCc1ccccc1. The number of amides is 1. The van der Waals surface area contributed by atoms with Crippen molar-refractivity contribution in [2.75, 3.05) is 6.54 Å². The molecule has 0 unspecified atom stereocenters. The van der Waals surface area contributed by atoms with Crippen LogP contribution in [0, 0.1) is 0 Å². The number of carbonyl (C=O) groups is 1. The first-order chi connectivity index (χ1) is 11.8. The third kappa shape index (κ3) is 4.46. The lowest BCUT2D eigenvalue weighted by molar-refractivity contribution is 0.140. The van der Waals surface area contributed by atoms with Gasteiger partial charge in [0.25, 0.3) is 0 Å². The van der Waals surface area contributed by atoms with E-state index in [0.29, 0.717) is 13.2 Å². The highest BCUT2D eigenvalue weighted by molar-refractivity contribution is 7.17. The Morgan fingerprint density at radius 1 is 1.08 bits per heavy atom. The van der Waals surface area contributed by atoms with Crippen molar-refractivity contribution in [2.45, 2.75) is 13.0 Å². The van der Waals surface area contributed by atoms with E-state index in [9.17, 15) is 4.79 Å². The van der Waals surface area contributed by atoms with Crippen LogP contribution in [0.25, 0.3) is 16.2 Å². The van der Waals surface area contributed by atoms with E-state index in [4.69, 9.17) is 4.74 Å². The Morgan fingerprint density at radius 2 is 1.96 bits per heavy atom. The second-order valence-corrected chi connectivity index (χ2v) is 6.28. The number of alkyl carbamates (subject to hydrolysis) is 1. The largest absolute Gasteiger partial charge is 0.445 e. The summed E-state index contributed by atoms with van der Waals surface area (Å²) in [5.74, 6) is 0. The molecule has 1 amide bonds. The van der Waals surface area contributed by atoms with Gasteiger partial charge in [-0.1, -0.05) is 60.7 Å². The molecule has 0 atom stereocenters. The van der Waals surface area contributed by atoms with Gasteiger partial charge in [0.2, 0.25) is 0 Å². The molecular weight excluding hydrogens is 318 g/mol. The summed E-state index contributed by atoms with van der Waals surface area (Å²) in [5.41, 5.74) is 2.20. The van der Waals surface area contributed by atoms with Crippen LogP contribution >= 0.6 is 11.3 Å². The van der Waals surface area contributed by atoms with Crippen molar-refractivity contribution < 1.29 is 9.53 Å². The van der Waals surface area contributed by atoms with Gasteiger partial charge >= 0.3 is 6.09 Å². The maximum Gasteiger partial charge on any atom is 0.407 e. The number of nitrogens with one attached hydrogen (secondary N) is 1. The molecule has 3 rings (SSSR count). The highest BCUT2D eigenvalue weighted by Crippen LogP contribution is 2.25. The van der Waals surface area contributed by atoms with Gasteiger partial charge in [-0.2, -0.15) is 0 Å². The van der Waals surface area contributed by atoms with Crippen molar-refractivity contribution in [1.82, 2.24) is 5.32 Å². The minimum absolute atomic E-state index is 0.295. The number of carbonyl (C=O) groups excluding carboxylic acids is 1. The first-order valence-corrected chi connectivity index (χ1v) is 8.78. The Bertz CT molecular complexity index is 824. The molecule has 0 saturated heterocycles. The third-order valence-electron chi connectivity index (χ3n) is 3.60. The van der Waals surface area contributed by atoms with Crippen molar-refractivity contribution in [2.24, 2.45) is 0 Å². The van der Waals surface area contributed by atoms with E-state index in [1.807, 2.05) is 30.3 Å². The molecule has 2 aromatic carbocycles. The van der Waals surface area contributed by atoms with Crippen LogP contribution < -0.4 is 5.32 Å². The van der Waals surface area contributed by atoms with Gasteiger partial charge in [-0.05, 0) is 34.4 Å². The topological polar surface area (TPSA) is 38.3 Å². The predicted octanol–water partition coefficient (Wildman–Crippen LogP) is 5.23. The molecule has 122 valence electrons. The van der Waals surface area contributed by atoms with E-state index in [1.165, 1.54) is 15.6 Å². The maximum absolute atomic E-state index is 11.6. The summed E-state index contributed by atoms with van der Waals surface area (Å²) in [6, 6.07) is 18.1. The molecule has 1 heterocycles. The van der Waals surface area contributed by atoms with Gasteiger partial charge < -0.3 is 10.1 Å². The number of thiophene rings is 1. The number of fused-ring (bicyclic) bond motifs is 1.